The Morgan fingerprint density at radius 2 is 1.89 bits per heavy atom. The van der Waals surface area contributed by atoms with Crippen LogP contribution in [0.2, 0.25) is 0 Å². The number of allylic oxidation sites excluding steroid dienone is 4. The first-order valence-electron chi connectivity index (χ1n) is 8.52. The molecule has 0 saturated carbocycles. The first kappa shape index (κ1) is 19.5. The summed E-state index contributed by atoms with van der Waals surface area (Å²) in [6, 6.07) is 3.18. The van der Waals surface area contributed by atoms with Crippen LogP contribution < -0.4 is 5.32 Å². The van der Waals surface area contributed by atoms with Gasteiger partial charge in [0.1, 0.15) is 34.4 Å². The number of rotatable bonds is 6. The summed E-state index contributed by atoms with van der Waals surface area (Å²) in [6.07, 6.45) is 5.25. The van der Waals surface area contributed by atoms with E-state index in [9.17, 15) is 18.4 Å². The first-order chi connectivity index (χ1) is 13.5. The van der Waals surface area contributed by atoms with Gasteiger partial charge in [0.25, 0.3) is 11.8 Å². The zero-order chi connectivity index (χ0) is 20.3. The summed E-state index contributed by atoms with van der Waals surface area (Å²) in [5.41, 5.74) is 0.162. The Balaban J connectivity index is 1.70. The monoisotopic (exact) mass is 388 g/mol. The van der Waals surface area contributed by atoms with Gasteiger partial charge in [-0.05, 0) is 30.7 Å². The van der Waals surface area contributed by atoms with E-state index in [2.05, 4.69) is 10.3 Å². The summed E-state index contributed by atoms with van der Waals surface area (Å²) in [5, 5.41) is 2.42. The van der Waals surface area contributed by atoms with Crippen LogP contribution >= 0.6 is 0 Å². The fraction of sp³-hybridized carbons (Fsp3) is 0.250. The van der Waals surface area contributed by atoms with Crippen molar-refractivity contribution in [3.05, 3.63) is 70.7 Å². The molecule has 146 valence electrons. The van der Waals surface area contributed by atoms with Crippen molar-refractivity contribution in [1.82, 2.24) is 5.32 Å². The second kappa shape index (κ2) is 8.16. The van der Waals surface area contributed by atoms with E-state index < -0.39 is 29.0 Å². The van der Waals surface area contributed by atoms with Crippen molar-refractivity contribution in [3.63, 3.8) is 0 Å². The van der Waals surface area contributed by atoms with Crippen LogP contribution in [0.15, 0.2) is 58.5 Å². The summed E-state index contributed by atoms with van der Waals surface area (Å²) in [7, 11) is 3.00. The summed E-state index contributed by atoms with van der Waals surface area (Å²) in [6.45, 7) is 0.0146. The molecule has 0 fully saturated rings. The summed E-state index contributed by atoms with van der Waals surface area (Å²) < 4.78 is 37.9. The van der Waals surface area contributed by atoms with Crippen molar-refractivity contribution in [2.24, 2.45) is 10.9 Å². The molecule has 0 aromatic heterocycles. The van der Waals surface area contributed by atoms with E-state index in [0.29, 0.717) is 22.8 Å². The van der Waals surface area contributed by atoms with Crippen molar-refractivity contribution in [2.75, 3.05) is 20.8 Å². The first-order valence-corrected chi connectivity index (χ1v) is 8.52. The molecule has 1 aliphatic heterocycles. The molecule has 6 nitrogen and oxygen atoms in total. The number of hydrogen-bond donors (Lipinski definition) is 1. The molecule has 8 heteroatoms. The van der Waals surface area contributed by atoms with Gasteiger partial charge in [-0.1, -0.05) is 12.1 Å². The molecule has 1 aromatic carbocycles. The second-order valence-electron chi connectivity index (χ2n) is 6.08. The molecule has 0 bridgehead atoms. The Morgan fingerprint density at radius 3 is 2.54 bits per heavy atom. The van der Waals surface area contributed by atoms with Gasteiger partial charge >= 0.3 is 0 Å². The Bertz CT molecular complexity index is 927. The van der Waals surface area contributed by atoms with Crippen LogP contribution in [0.1, 0.15) is 16.8 Å². The fourth-order valence-corrected chi connectivity index (χ4v) is 3.05. The maximum atomic E-state index is 13.7. The van der Waals surface area contributed by atoms with Crippen molar-refractivity contribution >= 4 is 17.5 Å². The zero-order valence-corrected chi connectivity index (χ0v) is 15.3. The Labute approximate surface area is 160 Å². The molecule has 1 heterocycles. The number of aliphatic imine (C=N–C) groups is 1. The topological polar surface area (TPSA) is 77.0 Å². The van der Waals surface area contributed by atoms with Gasteiger partial charge < -0.3 is 14.8 Å². The van der Waals surface area contributed by atoms with Crippen LogP contribution in [0.25, 0.3) is 0 Å². The highest BCUT2D eigenvalue weighted by Crippen LogP contribution is 2.30. The molecule has 2 aliphatic rings. The van der Waals surface area contributed by atoms with Crippen LogP contribution in [0.3, 0.4) is 0 Å². The molecule has 3 rings (SSSR count). The highest BCUT2D eigenvalue weighted by Gasteiger charge is 2.32. The SMILES string of the molecule is COC1=CC=C(OC)C2C=C(CCNC(=O)c3c(F)cccc3F)C(=O)N=C12. The lowest BCUT2D eigenvalue weighted by atomic mass is 9.89. The lowest BCUT2D eigenvalue weighted by Gasteiger charge is -2.26. The number of amides is 2. The van der Waals surface area contributed by atoms with Crippen molar-refractivity contribution in [1.29, 1.82) is 0 Å². The Morgan fingerprint density at radius 1 is 1.18 bits per heavy atom. The van der Waals surface area contributed by atoms with Crippen LogP contribution in [-0.2, 0) is 14.3 Å². The standard InChI is InChI=1S/C20H18F2N2O4/c1-27-15-6-7-16(28-2)18-12(15)10-11(19(25)24-18)8-9-23-20(26)17-13(21)4-3-5-14(17)22/h3-7,10,12H,8-9H2,1-2H3,(H,23,26). The smallest absolute Gasteiger partial charge is 0.273 e. The molecule has 1 N–H and O–H groups in total. The van der Waals surface area contributed by atoms with Gasteiger partial charge in [-0.3, -0.25) is 9.59 Å². The quantitative estimate of drug-likeness (QED) is 0.813. The third-order valence-electron chi connectivity index (χ3n) is 4.44. The highest BCUT2D eigenvalue weighted by molar-refractivity contribution is 6.15. The third-order valence-corrected chi connectivity index (χ3v) is 4.44. The molecular formula is C20H18F2N2O4. The molecule has 1 atom stereocenters. The molecule has 0 spiro atoms. The minimum Gasteiger partial charge on any atom is -0.500 e. The predicted molar refractivity (Wildman–Crippen MR) is 97.5 cm³/mol. The molecule has 0 saturated heterocycles. The number of methoxy groups -OCH3 is 2. The van der Waals surface area contributed by atoms with E-state index in [1.807, 2.05) is 0 Å². The van der Waals surface area contributed by atoms with Crippen molar-refractivity contribution in [2.45, 2.75) is 6.42 Å². The minimum absolute atomic E-state index is 0.0146. The summed E-state index contributed by atoms with van der Waals surface area (Å²) >= 11 is 0. The molecule has 1 unspecified atom stereocenters. The average molecular weight is 388 g/mol. The van der Waals surface area contributed by atoms with Crippen LogP contribution in [0.5, 0.6) is 0 Å². The van der Waals surface area contributed by atoms with Gasteiger partial charge in [0.2, 0.25) is 0 Å². The summed E-state index contributed by atoms with van der Waals surface area (Å²) in [4.78, 5) is 28.5. The Kier molecular flexibility index (Phi) is 5.67. The lowest BCUT2D eigenvalue weighted by Crippen LogP contribution is -2.30. The van der Waals surface area contributed by atoms with Gasteiger partial charge in [0.15, 0.2) is 0 Å². The van der Waals surface area contributed by atoms with Gasteiger partial charge in [-0.25, -0.2) is 13.8 Å². The Hall–Kier alpha value is -3.29. The van der Waals surface area contributed by atoms with Crippen molar-refractivity contribution < 1.29 is 27.8 Å². The number of halogens is 2. The van der Waals surface area contributed by atoms with Crippen LogP contribution in [-0.4, -0.2) is 38.3 Å². The van der Waals surface area contributed by atoms with E-state index in [4.69, 9.17) is 9.47 Å². The number of dihydropyridines is 1. The maximum Gasteiger partial charge on any atom is 0.273 e. The zero-order valence-electron chi connectivity index (χ0n) is 15.3. The van der Waals surface area contributed by atoms with E-state index in [-0.39, 0.29) is 18.9 Å². The minimum atomic E-state index is -0.948. The van der Waals surface area contributed by atoms with E-state index >= 15 is 0 Å². The number of nitrogens with one attached hydrogen (secondary N) is 1. The van der Waals surface area contributed by atoms with Gasteiger partial charge in [-0.2, -0.15) is 0 Å². The van der Waals surface area contributed by atoms with E-state index in [0.717, 1.165) is 12.1 Å². The number of carbonyl (C=O) groups is 2. The number of fused-ring (bicyclic) bond motifs is 1. The fourth-order valence-electron chi connectivity index (χ4n) is 3.05. The molecule has 1 aromatic rings. The molecule has 2 amide bonds. The largest absolute Gasteiger partial charge is 0.500 e. The number of nitrogens with zero attached hydrogens (tertiary/aromatic N) is 1. The molecule has 1 aliphatic carbocycles. The molecule has 0 radical (unpaired) electrons. The molecule has 28 heavy (non-hydrogen) atoms. The van der Waals surface area contributed by atoms with E-state index in [1.54, 1.807) is 18.2 Å². The van der Waals surface area contributed by atoms with E-state index in [1.165, 1.54) is 20.3 Å². The second-order valence-corrected chi connectivity index (χ2v) is 6.08. The number of ether oxygens (including phenoxy) is 2. The maximum absolute atomic E-state index is 13.7. The average Bonchev–Trinajstić information content (AvgIpc) is 2.67. The van der Waals surface area contributed by atoms with Gasteiger partial charge in [0.05, 0.1) is 20.1 Å². The normalized spacial score (nSPS) is 18.3. The summed E-state index contributed by atoms with van der Waals surface area (Å²) in [5.74, 6) is -2.55. The number of carbonyl (C=O) groups excluding carboxylic acids is 2. The number of benzene rings is 1. The third kappa shape index (κ3) is 3.71. The number of hydrogen-bond acceptors (Lipinski definition) is 4. The van der Waals surface area contributed by atoms with Gasteiger partial charge in [-0.15, -0.1) is 0 Å². The van der Waals surface area contributed by atoms with Gasteiger partial charge in [0, 0.05) is 12.1 Å². The highest BCUT2D eigenvalue weighted by atomic mass is 19.1. The van der Waals surface area contributed by atoms with Crippen LogP contribution in [0, 0.1) is 17.6 Å². The lowest BCUT2D eigenvalue weighted by molar-refractivity contribution is -0.114. The predicted octanol–water partition coefficient (Wildman–Crippen LogP) is 2.68. The van der Waals surface area contributed by atoms with Crippen LogP contribution in [0.4, 0.5) is 8.78 Å². The van der Waals surface area contributed by atoms with Crippen molar-refractivity contribution in [3.8, 4) is 0 Å². The molecular weight excluding hydrogens is 370 g/mol.